The first-order valence-electron chi connectivity index (χ1n) is 16.7. The van der Waals surface area contributed by atoms with Crippen molar-refractivity contribution in [2.24, 2.45) is 7.05 Å². The van der Waals surface area contributed by atoms with E-state index in [-0.39, 0.29) is 24.7 Å². The quantitative estimate of drug-likeness (QED) is 0.162. The van der Waals surface area contributed by atoms with E-state index in [0.717, 1.165) is 60.9 Å². The fourth-order valence-electron chi connectivity index (χ4n) is 7.32. The van der Waals surface area contributed by atoms with Gasteiger partial charge in [-0.1, -0.05) is 29.3 Å². The van der Waals surface area contributed by atoms with Crippen molar-refractivity contribution >= 4 is 51.7 Å². The normalized spacial score (nSPS) is 14.2. The van der Waals surface area contributed by atoms with Crippen molar-refractivity contribution in [1.82, 2.24) is 14.3 Å². The number of amides is 1. The molecule has 0 unspecified atom stereocenters. The van der Waals surface area contributed by atoms with Gasteiger partial charge >= 0.3 is 5.97 Å². The first-order valence-corrected chi connectivity index (χ1v) is 17.4. The molecule has 260 valence electrons. The van der Waals surface area contributed by atoms with Crippen molar-refractivity contribution in [3.63, 3.8) is 0 Å². The molecule has 10 nitrogen and oxygen atoms in total. The standard InChI is InChI=1S/C38H38Cl2N4O6/c1-20-16-25(17-21(2)33(20)40)48-13-6-8-26-27-9-10-28(39)32(31-22(3)41-42(5)23(31)4)34(27)44-12-7-11-43(37(45)35(26)44)29-18-24(38(46)47)19-30-36(29)50-15-14-49-30/h9-10,16-19H,6-8,11-15H2,1-5H3,(H,46,47). The molecular formula is C38H38Cl2N4O6. The van der Waals surface area contributed by atoms with E-state index < -0.39 is 5.97 Å². The SMILES string of the molecule is Cc1cc(OCCCc2c3n(c4c(-c5c(C)nn(C)c5C)c(Cl)ccc24)CCCN(c2cc(C(=O)O)cc4c2OCCO4)C3=O)cc(C)c1Cl. The van der Waals surface area contributed by atoms with Gasteiger partial charge in [0.05, 0.1) is 34.1 Å². The maximum absolute atomic E-state index is 15.0. The third-order valence-corrected chi connectivity index (χ3v) is 10.6. The molecule has 0 aliphatic carbocycles. The first-order chi connectivity index (χ1) is 24.0. The van der Waals surface area contributed by atoms with Crippen molar-refractivity contribution in [3.8, 4) is 28.4 Å². The van der Waals surface area contributed by atoms with Crippen LogP contribution in [0.15, 0.2) is 36.4 Å². The molecule has 3 aromatic carbocycles. The minimum absolute atomic E-state index is 0.0171. The number of aryl methyl sites for hydroxylation is 6. The number of carboxylic acid groups (broad SMARTS) is 1. The summed E-state index contributed by atoms with van der Waals surface area (Å²) >= 11 is 13.4. The molecule has 1 amide bonds. The summed E-state index contributed by atoms with van der Waals surface area (Å²) in [5, 5.41) is 16.9. The molecule has 0 saturated heterocycles. The van der Waals surface area contributed by atoms with Crippen LogP contribution >= 0.6 is 23.2 Å². The Morgan fingerprint density at radius 3 is 2.44 bits per heavy atom. The van der Waals surface area contributed by atoms with Gasteiger partial charge in [-0.15, -0.1) is 0 Å². The number of anilines is 1. The average molecular weight is 718 g/mol. The molecule has 5 aromatic rings. The van der Waals surface area contributed by atoms with E-state index in [1.54, 1.807) is 4.90 Å². The van der Waals surface area contributed by atoms with Gasteiger partial charge < -0.3 is 28.8 Å². The van der Waals surface area contributed by atoms with Crippen molar-refractivity contribution in [2.45, 2.75) is 53.5 Å². The van der Waals surface area contributed by atoms with Gasteiger partial charge in [-0.25, -0.2) is 4.79 Å². The summed E-state index contributed by atoms with van der Waals surface area (Å²) in [5.41, 5.74) is 8.16. The lowest BCUT2D eigenvalue weighted by Gasteiger charge is -2.28. The zero-order chi connectivity index (χ0) is 35.4. The molecule has 1 N–H and O–H groups in total. The molecule has 0 saturated carbocycles. The third-order valence-electron chi connectivity index (χ3n) is 9.66. The van der Waals surface area contributed by atoms with E-state index >= 15 is 0 Å². The highest BCUT2D eigenvalue weighted by Gasteiger charge is 2.35. The van der Waals surface area contributed by atoms with Gasteiger partial charge in [0.2, 0.25) is 0 Å². The Bertz CT molecular complexity index is 2180. The highest BCUT2D eigenvalue weighted by atomic mass is 35.5. The summed E-state index contributed by atoms with van der Waals surface area (Å²) in [6.45, 7) is 9.78. The molecule has 12 heteroatoms. The number of ether oxygens (including phenoxy) is 3. The van der Waals surface area contributed by atoms with Crippen molar-refractivity contribution in [1.29, 1.82) is 0 Å². The van der Waals surface area contributed by atoms with Gasteiger partial charge in [-0.05, 0) is 94.0 Å². The van der Waals surface area contributed by atoms with Gasteiger partial charge in [-0.2, -0.15) is 5.10 Å². The van der Waals surface area contributed by atoms with E-state index in [0.29, 0.717) is 66.9 Å². The van der Waals surface area contributed by atoms with Gasteiger partial charge in [0.25, 0.3) is 5.91 Å². The fraction of sp³-hybridized carbons (Fsp3) is 0.342. The number of halogens is 2. The molecular weight excluding hydrogens is 679 g/mol. The van der Waals surface area contributed by atoms with Crippen LogP contribution in [0.25, 0.3) is 22.0 Å². The summed E-state index contributed by atoms with van der Waals surface area (Å²) < 4.78 is 21.9. The Morgan fingerprint density at radius 2 is 1.74 bits per heavy atom. The van der Waals surface area contributed by atoms with Gasteiger partial charge in [0.1, 0.15) is 24.7 Å². The van der Waals surface area contributed by atoms with Crippen LogP contribution in [0, 0.1) is 27.7 Å². The van der Waals surface area contributed by atoms with Gasteiger partial charge in [0, 0.05) is 47.4 Å². The molecule has 2 aromatic heterocycles. The highest BCUT2D eigenvalue weighted by Crippen LogP contribution is 2.45. The number of carbonyl (C=O) groups excluding carboxylic acids is 1. The summed E-state index contributed by atoms with van der Waals surface area (Å²) in [4.78, 5) is 28.8. The Balaban J connectivity index is 1.37. The molecule has 2 aliphatic rings. The van der Waals surface area contributed by atoms with Crippen LogP contribution in [-0.2, 0) is 20.0 Å². The summed E-state index contributed by atoms with van der Waals surface area (Å²) in [6, 6.07) is 10.7. The Hall–Kier alpha value is -4.67. The van der Waals surface area contributed by atoms with E-state index in [4.69, 9.17) is 37.4 Å². The van der Waals surface area contributed by atoms with Crippen LogP contribution in [0.2, 0.25) is 10.0 Å². The Labute approximate surface area is 300 Å². The van der Waals surface area contributed by atoms with Crippen molar-refractivity contribution in [2.75, 3.05) is 31.3 Å². The van der Waals surface area contributed by atoms with Gasteiger partial charge in [-0.3, -0.25) is 9.48 Å². The number of hydrogen-bond donors (Lipinski definition) is 1. The largest absolute Gasteiger partial charge is 0.494 e. The van der Waals surface area contributed by atoms with Crippen molar-refractivity contribution < 1.29 is 28.9 Å². The topological polar surface area (TPSA) is 108 Å². The second-order valence-corrected chi connectivity index (χ2v) is 13.7. The lowest BCUT2D eigenvalue weighted by molar-refractivity contribution is 0.0695. The molecule has 0 radical (unpaired) electrons. The van der Waals surface area contributed by atoms with Crippen LogP contribution in [0.1, 0.15) is 61.8 Å². The summed E-state index contributed by atoms with van der Waals surface area (Å²) in [6.07, 6.45) is 1.77. The number of rotatable bonds is 8. The molecule has 4 heterocycles. The van der Waals surface area contributed by atoms with Crippen LogP contribution < -0.4 is 19.1 Å². The number of carbonyl (C=O) groups is 2. The lowest BCUT2D eigenvalue weighted by atomic mass is 9.98. The molecule has 0 bridgehead atoms. The van der Waals surface area contributed by atoms with E-state index in [1.807, 2.05) is 63.7 Å². The third kappa shape index (κ3) is 5.74. The van der Waals surface area contributed by atoms with E-state index in [1.165, 1.54) is 12.1 Å². The maximum atomic E-state index is 15.0. The first kappa shape index (κ1) is 33.8. The fourth-order valence-corrected chi connectivity index (χ4v) is 7.68. The second kappa shape index (κ2) is 13.2. The number of carboxylic acids is 1. The maximum Gasteiger partial charge on any atom is 0.335 e. The predicted octanol–water partition coefficient (Wildman–Crippen LogP) is 8.11. The minimum Gasteiger partial charge on any atom is -0.494 e. The molecule has 0 atom stereocenters. The minimum atomic E-state index is -1.12. The number of aromatic carboxylic acids is 1. The number of benzene rings is 3. The molecule has 2 aliphatic heterocycles. The number of aromatic nitrogens is 3. The molecule has 50 heavy (non-hydrogen) atoms. The van der Waals surface area contributed by atoms with Crippen LogP contribution in [0.3, 0.4) is 0 Å². The lowest BCUT2D eigenvalue weighted by Crippen LogP contribution is -2.33. The number of nitrogens with zero attached hydrogens (tertiary/aromatic N) is 4. The summed E-state index contributed by atoms with van der Waals surface area (Å²) in [5.74, 6) is 0.0551. The second-order valence-electron chi connectivity index (χ2n) is 12.9. The zero-order valence-electron chi connectivity index (χ0n) is 28.7. The molecule has 7 rings (SSSR count). The molecule has 0 spiro atoms. The average Bonchev–Trinajstić information content (AvgIpc) is 3.46. The number of hydrogen-bond acceptors (Lipinski definition) is 6. The monoisotopic (exact) mass is 716 g/mol. The summed E-state index contributed by atoms with van der Waals surface area (Å²) in [7, 11) is 1.91. The highest BCUT2D eigenvalue weighted by molar-refractivity contribution is 6.35. The van der Waals surface area contributed by atoms with E-state index in [2.05, 4.69) is 9.67 Å². The zero-order valence-corrected chi connectivity index (χ0v) is 30.2. The van der Waals surface area contributed by atoms with Crippen LogP contribution in [-0.4, -0.2) is 57.7 Å². The smallest absolute Gasteiger partial charge is 0.335 e. The van der Waals surface area contributed by atoms with Gasteiger partial charge in [0.15, 0.2) is 11.5 Å². The molecule has 0 fully saturated rings. The van der Waals surface area contributed by atoms with Crippen LogP contribution in [0.4, 0.5) is 5.69 Å². The predicted molar refractivity (Wildman–Crippen MR) is 194 cm³/mol. The van der Waals surface area contributed by atoms with E-state index in [9.17, 15) is 14.7 Å². The van der Waals surface area contributed by atoms with Crippen molar-refractivity contribution in [3.05, 3.63) is 85.8 Å². The Kier molecular flexibility index (Phi) is 8.94. The Morgan fingerprint density at radius 1 is 1.00 bits per heavy atom. The number of fused-ring (bicyclic) bond motifs is 4. The van der Waals surface area contributed by atoms with Crippen LogP contribution in [0.5, 0.6) is 17.2 Å².